The lowest BCUT2D eigenvalue weighted by atomic mass is 10.1. The van der Waals surface area contributed by atoms with E-state index in [0.29, 0.717) is 19.5 Å². The van der Waals surface area contributed by atoms with Gasteiger partial charge in [-0.15, -0.1) is 0 Å². The molecule has 1 aromatic carbocycles. The second-order valence-corrected chi connectivity index (χ2v) is 4.77. The SMILES string of the molecule is Cc1ccc(NC(=O)CN2CCCC(=O)C2)cc1. The Kier molecular flexibility index (Phi) is 4.10. The summed E-state index contributed by atoms with van der Waals surface area (Å²) in [4.78, 5) is 25.0. The number of rotatable bonds is 3. The minimum Gasteiger partial charge on any atom is -0.325 e. The van der Waals surface area contributed by atoms with Crippen LogP contribution in [-0.2, 0) is 9.59 Å². The summed E-state index contributed by atoms with van der Waals surface area (Å²) < 4.78 is 0. The van der Waals surface area contributed by atoms with Gasteiger partial charge < -0.3 is 5.32 Å². The topological polar surface area (TPSA) is 49.4 Å². The summed E-state index contributed by atoms with van der Waals surface area (Å²) in [7, 11) is 0. The lowest BCUT2D eigenvalue weighted by molar-refractivity contribution is -0.123. The smallest absolute Gasteiger partial charge is 0.238 e. The van der Waals surface area contributed by atoms with Crippen LogP contribution in [0.15, 0.2) is 24.3 Å². The molecule has 1 saturated heterocycles. The van der Waals surface area contributed by atoms with Crippen LogP contribution < -0.4 is 5.32 Å². The first-order chi connectivity index (χ1) is 8.63. The van der Waals surface area contributed by atoms with Crippen LogP contribution in [0.2, 0.25) is 0 Å². The van der Waals surface area contributed by atoms with Gasteiger partial charge in [0.05, 0.1) is 13.1 Å². The summed E-state index contributed by atoms with van der Waals surface area (Å²) >= 11 is 0. The molecule has 0 aromatic heterocycles. The quantitative estimate of drug-likeness (QED) is 0.881. The van der Waals surface area contributed by atoms with E-state index in [2.05, 4.69) is 5.32 Å². The molecular formula is C14H18N2O2. The van der Waals surface area contributed by atoms with Gasteiger partial charge in [0.1, 0.15) is 5.78 Å². The summed E-state index contributed by atoms with van der Waals surface area (Å²) in [6.07, 6.45) is 1.51. The van der Waals surface area contributed by atoms with E-state index in [1.54, 1.807) is 0 Å². The molecule has 0 saturated carbocycles. The molecule has 0 spiro atoms. The number of hydrogen-bond acceptors (Lipinski definition) is 3. The summed E-state index contributed by atoms with van der Waals surface area (Å²) in [6.45, 7) is 3.53. The average Bonchev–Trinajstić information content (AvgIpc) is 2.32. The highest BCUT2D eigenvalue weighted by Crippen LogP contribution is 2.09. The number of likely N-dealkylation sites (tertiary alicyclic amines) is 1. The second-order valence-electron chi connectivity index (χ2n) is 4.77. The van der Waals surface area contributed by atoms with Gasteiger partial charge in [-0.3, -0.25) is 14.5 Å². The van der Waals surface area contributed by atoms with Crippen LogP contribution in [-0.4, -0.2) is 36.2 Å². The van der Waals surface area contributed by atoms with Gasteiger partial charge in [0.2, 0.25) is 5.91 Å². The number of nitrogens with one attached hydrogen (secondary N) is 1. The number of amides is 1. The molecule has 4 heteroatoms. The maximum absolute atomic E-state index is 11.8. The van der Waals surface area contributed by atoms with Crippen LogP contribution in [0.3, 0.4) is 0 Å². The zero-order valence-corrected chi connectivity index (χ0v) is 10.6. The first kappa shape index (κ1) is 12.8. The van der Waals surface area contributed by atoms with Gasteiger partial charge in [0, 0.05) is 12.1 Å². The van der Waals surface area contributed by atoms with Crippen molar-refractivity contribution in [3.8, 4) is 0 Å². The molecule has 0 unspecified atom stereocenters. The number of benzene rings is 1. The van der Waals surface area contributed by atoms with E-state index in [1.807, 2.05) is 36.1 Å². The standard InChI is InChI=1S/C14H18N2O2/c1-11-4-6-12(7-5-11)15-14(18)10-16-8-2-3-13(17)9-16/h4-7H,2-3,8-10H2,1H3,(H,15,18). The number of aryl methyl sites for hydroxylation is 1. The fourth-order valence-electron chi connectivity index (χ4n) is 2.08. The minimum absolute atomic E-state index is 0.0615. The van der Waals surface area contributed by atoms with Gasteiger partial charge in [0.25, 0.3) is 0 Å². The van der Waals surface area contributed by atoms with E-state index in [9.17, 15) is 9.59 Å². The Morgan fingerprint density at radius 2 is 2.06 bits per heavy atom. The number of hydrogen-bond donors (Lipinski definition) is 1. The van der Waals surface area contributed by atoms with Crippen molar-refractivity contribution < 1.29 is 9.59 Å². The van der Waals surface area contributed by atoms with E-state index in [1.165, 1.54) is 0 Å². The lowest BCUT2D eigenvalue weighted by Gasteiger charge is -2.24. The predicted molar refractivity (Wildman–Crippen MR) is 70.5 cm³/mol. The van der Waals surface area contributed by atoms with Crippen LogP contribution in [0.1, 0.15) is 18.4 Å². The van der Waals surface area contributed by atoms with Gasteiger partial charge in [-0.2, -0.15) is 0 Å². The monoisotopic (exact) mass is 246 g/mol. The average molecular weight is 246 g/mol. The molecule has 4 nitrogen and oxygen atoms in total. The molecule has 1 aliphatic heterocycles. The maximum atomic E-state index is 11.8. The zero-order chi connectivity index (χ0) is 13.0. The Labute approximate surface area is 107 Å². The van der Waals surface area contributed by atoms with Gasteiger partial charge in [0.15, 0.2) is 0 Å². The maximum Gasteiger partial charge on any atom is 0.238 e. The molecule has 0 aliphatic carbocycles. The van der Waals surface area contributed by atoms with Gasteiger partial charge in [-0.1, -0.05) is 17.7 Å². The molecule has 1 N–H and O–H groups in total. The Morgan fingerprint density at radius 3 is 2.72 bits per heavy atom. The highest BCUT2D eigenvalue weighted by Gasteiger charge is 2.18. The molecule has 0 atom stereocenters. The normalized spacial score (nSPS) is 16.6. The largest absolute Gasteiger partial charge is 0.325 e. The fourth-order valence-corrected chi connectivity index (χ4v) is 2.08. The zero-order valence-electron chi connectivity index (χ0n) is 10.6. The second kappa shape index (κ2) is 5.78. The molecule has 1 fully saturated rings. The van der Waals surface area contributed by atoms with Crippen molar-refractivity contribution in [3.63, 3.8) is 0 Å². The van der Waals surface area contributed by atoms with Crippen molar-refractivity contribution in [3.05, 3.63) is 29.8 Å². The first-order valence-corrected chi connectivity index (χ1v) is 6.24. The van der Waals surface area contributed by atoms with Crippen LogP contribution in [0.5, 0.6) is 0 Å². The van der Waals surface area contributed by atoms with Gasteiger partial charge >= 0.3 is 0 Å². The minimum atomic E-state index is -0.0615. The van der Waals surface area contributed by atoms with E-state index < -0.39 is 0 Å². The number of nitrogens with zero attached hydrogens (tertiary/aromatic N) is 1. The molecule has 1 aliphatic rings. The highest BCUT2D eigenvalue weighted by atomic mass is 16.2. The number of anilines is 1. The number of piperidine rings is 1. The van der Waals surface area contributed by atoms with E-state index in [0.717, 1.165) is 24.2 Å². The van der Waals surface area contributed by atoms with Crippen LogP contribution in [0, 0.1) is 6.92 Å². The van der Waals surface area contributed by atoms with E-state index in [4.69, 9.17) is 0 Å². The molecule has 18 heavy (non-hydrogen) atoms. The van der Waals surface area contributed by atoms with E-state index in [-0.39, 0.29) is 11.7 Å². The van der Waals surface area contributed by atoms with Crippen LogP contribution in [0.25, 0.3) is 0 Å². The third-order valence-electron chi connectivity index (χ3n) is 3.03. The summed E-state index contributed by atoms with van der Waals surface area (Å²) in [5.41, 5.74) is 1.96. The molecule has 96 valence electrons. The molecule has 1 heterocycles. The highest BCUT2D eigenvalue weighted by molar-refractivity contribution is 5.92. The van der Waals surface area contributed by atoms with Crippen molar-refractivity contribution in [1.82, 2.24) is 4.90 Å². The van der Waals surface area contributed by atoms with Gasteiger partial charge in [-0.05, 0) is 32.0 Å². The van der Waals surface area contributed by atoms with Crippen molar-refractivity contribution in [1.29, 1.82) is 0 Å². The predicted octanol–water partition coefficient (Wildman–Crippen LogP) is 1.60. The number of carbonyl (C=O) groups excluding carboxylic acids is 2. The van der Waals surface area contributed by atoms with Crippen molar-refractivity contribution in [2.24, 2.45) is 0 Å². The number of carbonyl (C=O) groups is 2. The fraction of sp³-hybridized carbons (Fsp3) is 0.429. The Balaban J connectivity index is 1.84. The molecule has 2 rings (SSSR count). The van der Waals surface area contributed by atoms with Gasteiger partial charge in [-0.25, -0.2) is 0 Å². The number of ketones is 1. The Morgan fingerprint density at radius 1 is 1.33 bits per heavy atom. The summed E-state index contributed by atoms with van der Waals surface area (Å²) in [6, 6.07) is 7.68. The lowest BCUT2D eigenvalue weighted by Crippen LogP contribution is -2.40. The molecular weight excluding hydrogens is 228 g/mol. The van der Waals surface area contributed by atoms with Crippen LogP contribution >= 0.6 is 0 Å². The van der Waals surface area contributed by atoms with E-state index >= 15 is 0 Å². The molecule has 0 bridgehead atoms. The molecule has 0 radical (unpaired) electrons. The van der Waals surface area contributed by atoms with Crippen molar-refractivity contribution >= 4 is 17.4 Å². The van der Waals surface area contributed by atoms with Crippen LogP contribution in [0.4, 0.5) is 5.69 Å². The third-order valence-corrected chi connectivity index (χ3v) is 3.03. The molecule has 1 amide bonds. The summed E-state index contributed by atoms with van der Waals surface area (Å²) in [5, 5.41) is 2.84. The van der Waals surface area contributed by atoms with Crippen molar-refractivity contribution in [2.75, 3.05) is 25.0 Å². The Hall–Kier alpha value is -1.68. The number of Topliss-reactive ketones (excluding diaryl/α,β-unsaturated/α-hetero) is 1. The molecule has 1 aromatic rings. The Bertz CT molecular complexity index is 440. The first-order valence-electron chi connectivity index (χ1n) is 6.24. The van der Waals surface area contributed by atoms with Crippen molar-refractivity contribution in [2.45, 2.75) is 19.8 Å². The summed E-state index contributed by atoms with van der Waals surface area (Å²) in [5.74, 6) is 0.165. The third kappa shape index (κ3) is 3.67.